The molecular weight excluding hydrogens is 272 g/mol. The normalized spacial score (nSPS) is 9.85. The lowest BCUT2D eigenvalue weighted by Gasteiger charge is -2.07. The summed E-state index contributed by atoms with van der Waals surface area (Å²) in [4.78, 5) is 24.5. The molecule has 4 nitrogen and oxygen atoms in total. The lowest BCUT2D eigenvalue weighted by atomic mass is 10.3. The van der Waals surface area contributed by atoms with Crippen molar-refractivity contribution in [1.82, 2.24) is 0 Å². The quantitative estimate of drug-likeness (QED) is 0.673. The van der Waals surface area contributed by atoms with Crippen molar-refractivity contribution in [3.63, 3.8) is 0 Å². The Morgan fingerprint density at radius 3 is 2.10 bits per heavy atom. The molecule has 0 radical (unpaired) electrons. The Bertz CT molecular complexity index is 614. The number of anilines is 2. The maximum absolute atomic E-state index is 11.8. The number of para-hydroxylation sites is 1. The van der Waals surface area contributed by atoms with E-state index in [1.807, 2.05) is 30.5 Å². The maximum atomic E-state index is 11.8. The molecule has 2 N–H and O–H groups in total. The Labute approximate surface area is 121 Å². The highest BCUT2D eigenvalue weighted by molar-refractivity contribution is 7.98. The fourth-order valence-electron chi connectivity index (χ4n) is 1.60. The number of hydrogen-bond donors (Lipinski definition) is 2. The Hall–Kier alpha value is -2.27. The zero-order valence-corrected chi connectivity index (χ0v) is 11.7. The van der Waals surface area contributed by atoms with Crippen molar-refractivity contribution in [2.45, 2.75) is 4.90 Å². The van der Waals surface area contributed by atoms with E-state index in [0.29, 0.717) is 11.4 Å². The molecule has 0 saturated carbocycles. The van der Waals surface area contributed by atoms with Crippen LogP contribution in [0.3, 0.4) is 0 Å². The summed E-state index contributed by atoms with van der Waals surface area (Å²) in [5.41, 5.74) is 1.19. The third-order valence-corrected chi connectivity index (χ3v) is 3.29. The third-order valence-electron chi connectivity index (χ3n) is 2.57. The van der Waals surface area contributed by atoms with E-state index in [2.05, 4.69) is 10.6 Å². The van der Waals surface area contributed by atoms with Crippen LogP contribution >= 0.6 is 11.8 Å². The Balaban J connectivity index is 1.99. The summed E-state index contributed by atoms with van der Waals surface area (Å²) < 4.78 is 0. The summed E-state index contributed by atoms with van der Waals surface area (Å²) in [7, 11) is 0. The highest BCUT2D eigenvalue weighted by atomic mass is 32.2. The van der Waals surface area contributed by atoms with Crippen LogP contribution in [0.5, 0.6) is 0 Å². The molecule has 0 fully saturated rings. The van der Waals surface area contributed by atoms with E-state index >= 15 is 0 Å². The van der Waals surface area contributed by atoms with Crippen LogP contribution in [0.15, 0.2) is 59.5 Å². The average Bonchev–Trinajstić information content (AvgIpc) is 2.48. The number of hydrogen-bond acceptors (Lipinski definition) is 3. The summed E-state index contributed by atoms with van der Waals surface area (Å²) in [6.07, 6.45) is 1.95. The smallest absolute Gasteiger partial charge is 0.314 e. The second-order valence-corrected chi connectivity index (χ2v) is 4.89. The monoisotopic (exact) mass is 286 g/mol. The molecule has 2 amide bonds. The van der Waals surface area contributed by atoms with E-state index in [1.165, 1.54) is 0 Å². The van der Waals surface area contributed by atoms with Crippen LogP contribution in [-0.4, -0.2) is 18.1 Å². The van der Waals surface area contributed by atoms with Gasteiger partial charge in [0.1, 0.15) is 0 Å². The minimum atomic E-state index is -0.689. The molecule has 2 rings (SSSR count). The highest BCUT2D eigenvalue weighted by Crippen LogP contribution is 2.18. The van der Waals surface area contributed by atoms with Crippen LogP contribution in [-0.2, 0) is 9.59 Å². The van der Waals surface area contributed by atoms with E-state index in [-0.39, 0.29) is 0 Å². The zero-order chi connectivity index (χ0) is 14.4. The molecule has 5 heteroatoms. The van der Waals surface area contributed by atoms with E-state index in [1.54, 1.807) is 42.1 Å². The standard InChI is InChI=1S/C15H14N2O2S/c1-20-13-9-5-8-12(10-13)17-15(19)14(18)16-11-6-3-2-4-7-11/h2-10H,1H3,(H,16,18)(H,17,19). The highest BCUT2D eigenvalue weighted by Gasteiger charge is 2.13. The number of thioether (sulfide) groups is 1. The van der Waals surface area contributed by atoms with Gasteiger partial charge in [0.25, 0.3) is 0 Å². The molecule has 0 aromatic heterocycles. The van der Waals surface area contributed by atoms with Gasteiger partial charge in [-0.25, -0.2) is 0 Å². The van der Waals surface area contributed by atoms with Crippen molar-refractivity contribution in [1.29, 1.82) is 0 Å². The number of benzene rings is 2. The first kappa shape index (κ1) is 14.1. The second kappa shape index (κ2) is 6.77. The molecule has 0 saturated heterocycles. The van der Waals surface area contributed by atoms with E-state index < -0.39 is 11.8 Å². The summed E-state index contributed by atoms with van der Waals surface area (Å²) in [6, 6.07) is 16.2. The molecule has 0 atom stereocenters. The van der Waals surface area contributed by atoms with Crippen molar-refractivity contribution in [3.8, 4) is 0 Å². The zero-order valence-electron chi connectivity index (χ0n) is 10.9. The fourth-order valence-corrected chi connectivity index (χ4v) is 2.06. The number of rotatable bonds is 3. The van der Waals surface area contributed by atoms with Crippen molar-refractivity contribution < 1.29 is 9.59 Å². The average molecular weight is 286 g/mol. The molecule has 0 aliphatic carbocycles. The van der Waals surface area contributed by atoms with Crippen LogP contribution < -0.4 is 10.6 Å². The molecule has 102 valence electrons. The van der Waals surface area contributed by atoms with Gasteiger partial charge in [0.15, 0.2) is 0 Å². The summed E-state index contributed by atoms with van der Waals surface area (Å²) in [5, 5.41) is 5.11. The Morgan fingerprint density at radius 2 is 1.45 bits per heavy atom. The summed E-state index contributed by atoms with van der Waals surface area (Å²) >= 11 is 1.57. The largest absolute Gasteiger partial charge is 0.318 e. The number of nitrogens with one attached hydrogen (secondary N) is 2. The second-order valence-electron chi connectivity index (χ2n) is 4.01. The molecule has 0 unspecified atom stereocenters. The minimum Gasteiger partial charge on any atom is -0.318 e. The van der Waals surface area contributed by atoms with E-state index in [0.717, 1.165) is 4.90 Å². The van der Waals surface area contributed by atoms with Crippen molar-refractivity contribution in [3.05, 3.63) is 54.6 Å². The Kier molecular flexibility index (Phi) is 4.79. The SMILES string of the molecule is CSc1cccc(NC(=O)C(=O)Nc2ccccc2)c1. The van der Waals surface area contributed by atoms with Gasteiger partial charge in [-0.05, 0) is 36.6 Å². The van der Waals surface area contributed by atoms with Crippen LogP contribution in [0, 0.1) is 0 Å². The lowest BCUT2D eigenvalue weighted by Crippen LogP contribution is -2.29. The van der Waals surface area contributed by atoms with Gasteiger partial charge in [-0.1, -0.05) is 24.3 Å². The van der Waals surface area contributed by atoms with Gasteiger partial charge in [0, 0.05) is 16.3 Å². The summed E-state index contributed by atoms with van der Waals surface area (Å²) in [6.45, 7) is 0. The van der Waals surface area contributed by atoms with Gasteiger partial charge in [-0.2, -0.15) is 0 Å². The molecule has 0 aliphatic heterocycles. The van der Waals surface area contributed by atoms with Crippen LogP contribution in [0.2, 0.25) is 0 Å². The van der Waals surface area contributed by atoms with Gasteiger partial charge in [-0.3, -0.25) is 9.59 Å². The molecule has 2 aromatic rings. The first-order valence-electron chi connectivity index (χ1n) is 6.00. The topological polar surface area (TPSA) is 58.2 Å². The van der Waals surface area contributed by atoms with Gasteiger partial charge >= 0.3 is 11.8 Å². The maximum Gasteiger partial charge on any atom is 0.314 e. The minimum absolute atomic E-state index is 0.588. The van der Waals surface area contributed by atoms with Crippen LogP contribution in [0.1, 0.15) is 0 Å². The predicted molar refractivity (Wildman–Crippen MR) is 81.9 cm³/mol. The van der Waals surface area contributed by atoms with Gasteiger partial charge < -0.3 is 10.6 Å². The van der Waals surface area contributed by atoms with Crippen LogP contribution in [0.25, 0.3) is 0 Å². The number of amides is 2. The molecule has 0 aliphatic rings. The van der Waals surface area contributed by atoms with E-state index in [4.69, 9.17) is 0 Å². The fraction of sp³-hybridized carbons (Fsp3) is 0.0667. The first-order chi connectivity index (χ1) is 9.69. The van der Waals surface area contributed by atoms with Crippen molar-refractivity contribution in [2.75, 3.05) is 16.9 Å². The van der Waals surface area contributed by atoms with Crippen LogP contribution in [0.4, 0.5) is 11.4 Å². The molecular formula is C15H14N2O2S. The Morgan fingerprint density at radius 1 is 0.850 bits per heavy atom. The predicted octanol–water partition coefficient (Wildman–Crippen LogP) is 2.99. The lowest BCUT2D eigenvalue weighted by molar-refractivity contribution is -0.132. The molecule has 2 aromatic carbocycles. The van der Waals surface area contributed by atoms with Crippen molar-refractivity contribution in [2.24, 2.45) is 0 Å². The molecule has 0 bridgehead atoms. The van der Waals surface area contributed by atoms with E-state index in [9.17, 15) is 9.59 Å². The molecule has 0 spiro atoms. The molecule has 0 heterocycles. The number of carbonyl (C=O) groups excluding carboxylic acids is 2. The van der Waals surface area contributed by atoms with Crippen molar-refractivity contribution >= 4 is 35.0 Å². The van der Waals surface area contributed by atoms with Gasteiger partial charge in [0.05, 0.1) is 0 Å². The first-order valence-corrected chi connectivity index (χ1v) is 7.23. The van der Waals surface area contributed by atoms with Gasteiger partial charge in [0.2, 0.25) is 0 Å². The number of carbonyl (C=O) groups is 2. The van der Waals surface area contributed by atoms with Gasteiger partial charge in [-0.15, -0.1) is 11.8 Å². The molecule has 20 heavy (non-hydrogen) atoms. The summed E-state index contributed by atoms with van der Waals surface area (Å²) in [5.74, 6) is -1.38. The third kappa shape index (κ3) is 3.86.